The highest BCUT2D eigenvalue weighted by atomic mass is 19.3. The molecule has 1 atom stereocenters. The molecule has 0 aromatic heterocycles. The summed E-state index contributed by atoms with van der Waals surface area (Å²) in [5.41, 5.74) is 0. The summed E-state index contributed by atoms with van der Waals surface area (Å²) in [7, 11) is 0. The van der Waals surface area contributed by atoms with Gasteiger partial charge in [0.1, 0.15) is 0 Å². The van der Waals surface area contributed by atoms with E-state index in [0.29, 0.717) is 6.42 Å². The third-order valence-electron chi connectivity index (χ3n) is 2.31. The maximum absolute atomic E-state index is 12.8. The lowest BCUT2D eigenvalue weighted by Crippen LogP contribution is -2.45. The Morgan fingerprint density at radius 3 is 2.64 bits per heavy atom. The van der Waals surface area contributed by atoms with Crippen LogP contribution in [0.2, 0.25) is 0 Å². The summed E-state index contributed by atoms with van der Waals surface area (Å²) in [5.74, 6) is -6.45. The Morgan fingerprint density at radius 2 is 2.29 bits per heavy atom. The summed E-state index contributed by atoms with van der Waals surface area (Å²) in [5, 5.41) is 8.19. The van der Waals surface area contributed by atoms with Gasteiger partial charge >= 0.3 is 11.9 Å². The number of carbonyl (C=O) groups excluding carboxylic acids is 1. The molecular formula is C8H11F2NO3. The van der Waals surface area contributed by atoms with Crippen LogP contribution in [0.4, 0.5) is 8.78 Å². The van der Waals surface area contributed by atoms with Crippen LogP contribution in [0.25, 0.3) is 0 Å². The van der Waals surface area contributed by atoms with Gasteiger partial charge in [-0.2, -0.15) is 8.78 Å². The largest absolute Gasteiger partial charge is 0.477 e. The van der Waals surface area contributed by atoms with Crippen LogP contribution in [-0.2, 0) is 9.59 Å². The molecule has 1 heterocycles. The first-order valence-corrected chi connectivity index (χ1v) is 4.25. The van der Waals surface area contributed by atoms with Crippen molar-refractivity contribution in [2.24, 2.45) is 0 Å². The van der Waals surface area contributed by atoms with E-state index in [1.807, 2.05) is 0 Å². The molecule has 1 rings (SSSR count). The Morgan fingerprint density at radius 1 is 1.71 bits per heavy atom. The van der Waals surface area contributed by atoms with Crippen LogP contribution >= 0.6 is 0 Å². The summed E-state index contributed by atoms with van der Waals surface area (Å²) < 4.78 is 25.5. The van der Waals surface area contributed by atoms with Crippen molar-refractivity contribution in [3.05, 3.63) is 0 Å². The lowest BCUT2D eigenvalue weighted by Gasteiger charge is -2.24. The topological polar surface area (TPSA) is 57.6 Å². The van der Waals surface area contributed by atoms with Crippen LogP contribution in [0.5, 0.6) is 0 Å². The Hall–Kier alpha value is -1.20. The summed E-state index contributed by atoms with van der Waals surface area (Å²) in [4.78, 5) is 22.1. The number of rotatable bonds is 3. The monoisotopic (exact) mass is 207 g/mol. The van der Waals surface area contributed by atoms with Crippen molar-refractivity contribution in [2.45, 2.75) is 31.7 Å². The molecule has 0 aromatic rings. The first-order chi connectivity index (χ1) is 6.34. The fourth-order valence-electron chi connectivity index (χ4n) is 1.40. The van der Waals surface area contributed by atoms with Crippen molar-refractivity contribution in [1.29, 1.82) is 0 Å². The summed E-state index contributed by atoms with van der Waals surface area (Å²) >= 11 is 0. The van der Waals surface area contributed by atoms with Crippen LogP contribution in [-0.4, -0.2) is 40.4 Å². The van der Waals surface area contributed by atoms with Crippen molar-refractivity contribution >= 4 is 11.9 Å². The molecule has 0 saturated carbocycles. The van der Waals surface area contributed by atoms with Crippen molar-refractivity contribution in [1.82, 2.24) is 4.90 Å². The van der Waals surface area contributed by atoms with Crippen LogP contribution in [0.3, 0.4) is 0 Å². The zero-order valence-electron chi connectivity index (χ0n) is 7.67. The second-order valence-electron chi connectivity index (χ2n) is 3.42. The van der Waals surface area contributed by atoms with E-state index in [1.54, 1.807) is 6.92 Å². The minimum atomic E-state index is -3.85. The number of hydrogen-bond acceptors (Lipinski definition) is 2. The van der Waals surface area contributed by atoms with Gasteiger partial charge in [-0.15, -0.1) is 0 Å². The predicted molar refractivity (Wildman–Crippen MR) is 43.0 cm³/mol. The second-order valence-corrected chi connectivity index (χ2v) is 3.42. The molecule has 1 unspecified atom stereocenters. The van der Waals surface area contributed by atoms with E-state index in [4.69, 9.17) is 5.11 Å². The van der Waals surface area contributed by atoms with Gasteiger partial charge in [-0.25, -0.2) is 4.79 Å². The fraction of sp³-hybridized carbons (Fsp3) is 0.750. The lowest BCUT2D eigenvalue weighted by atomic mass is 10.2. The first kappa shape index (κ1) is 10.9. The average Bonchev–Trinajstić information content (AvgIpc) is 2.35. The zero-order valence-corrected chi connectivity index (χ0v) is 7.67. The Labute approximate surface area is 79.5 Å². The lowest BCUT2D eigenvalue weighted by molar-refractivity contribution is -0.168. The molecule has 1 fully saturated rings. The molecule has 14 heavy (non-hydrogen) atoms. The molecule has 0 spiro atoms. The van der Waals surface area contributed by atoms with Crippen molar-refractivity contribution in [2.75, 3.05) is 6.54 Å². The van der Waals surface area contributed by atoms with Crippen LogP contribution < -0.4 is 0 Å². The smallest absolute Gasteiger partial charge is 0.376 e. The van der Waals surface area contributed by atoms with Gasteiger partial charge in [-0.05, 0) is 13.3 Å². The maximum atomic E-state index is 12.8. The predicted octanol–water partition coefficient (Wildman–Crippen LogP) is 0.717. The van der Waals surface area contributed by atoms with Gasteiger partial charge in [0.15, 0.2) is 0 Å². The van der Waals surface area contributed by atoms with Gasteiger partial charge in [0.05, 0.1) is 6.54 Å². The zero-order chi connectivity index (χ0) is 10.9. The Balaban J connectivity index is 2.68. The van der Waals surface area contributed by atoms with E-state index in [-0.39, 0.29) is 12.5 Å². The number of carbonyl (C=O) groups is 2. The van der Waals surface area contributed by atoms with E-state index in [9.17, 15) is 18.4 Å². The van der Waals surface area contributed by atoms with Crippen molar-refractivity contribution in [3.8, 4) is 0 Å². The number of alkyl halides is 2. The molecule has 1 N–H and O–H groups in total. The molecule has 0 aromatic carbocycles. The van der Waals surface area contributed by atoms with Gasteiger partial charge in [0.2, 0.25) is 5.91 Å². The third kappa shape index (κ3) is 2.00. The third-order valence-corrected chi connectivity index (χ3v) is 2.31. The second kappa shape index (κ2) is 3.51. The number of carboxylic acid groups (broad SMARTS) is 1. The molecule has 0 radical (unpaired) electrons. The molecular weight excluding hydrogens is 196 g/mol. The van der Waals surface area contributed by atoms with Gasteiger partial charge < -0.3 is 10.0 Å². The van der Waals surface area contributed by atoms with Crippen LogP contribution in [0.15, 0.2) is 0 Å². The van der Waals surface area contributed by atoms with Crippen LogP contribution in [0, 0.1) is 0 Å². The number of aliphatic carboxylic acids is 1. The minimum Gasteiger partial charge on any atom is -0.477 e. The number of amides is 1. The quantitative estimate of drug-likeness (QED) is 0.741. The maximum Gasteiger partial charge on any atom is 0.376 e. The molecule has 80 valence electrons. The van der Waals surface area contributed by atoms with E-state index in [0.717, 1.165) is 4.90 Å². The molecule has 4 nitrogen and oxygen atoms in total. The molecule has 1 saturated heterocycles. The molecule has 1 aliphatic rings. The molecule has 1 amide bonds. The van der Waals surface area contributed by atoms with E-state index in [1.165, 1.54) is 0 Å². The van der Waals surface area contributed by atoms with Gasteiger partial charge in [0, 0.05) is 12.5 Å². The van der Waals surface area contributed by atoms with Crippen molar-refractivity contribution in [3.63, 3.8) is 0 Å². The number of likely N-dealkylation sites (tertiary alicyclic amines) is 1. The van der Waals surface area contributed by atoms with E-state index >= 15 is 0 Å². The normalized spacial score (nSPS) is 22.9. The van der Waals surface area contributed by atoms with E-state index < -0.39 is 24.3 Å². The molecule has 0 bridgehead atoms. The standard InChI is InChI=1S/C8H11F2NO3/c1-5-2-3-6(12)11(5)4-8(9,10)7(13)14/h5H,2-4H2,1H3,(H,13,14). The fourth-order valence-corrected chi connectivity index (χ4v) is 1.40. The van der Waals surface area contributed by atoms with E-state index in [2.05, 4.69) is 0 Å². The van der Waals surface area contributed by atoms with Gasteiger partial charge in [-0.1, -0.05) is 0 Å². The first-order valence-electron chi connectivity index (χ1n) is 4.25. The number of nitrogens with zero attached hydrogens (tertiary/aromatic N) is 1. The Kier molecular flexibility index (Phi) is 2.73. The SMILES string of the molecule is CC1CCC(=O)N1CC(F)(F)C(=O)O. The number of carboxylic acids is 1. The highest BCUT2D eigenvalue weighted by molar-refractivity contribution is 5.81. The van der Waals surface area contributed by atoms with Gasteiger partial charge in [-0.3, -0.25) is 4.79 Å². The molecule has 0 aliphatic carbocycles. The summed E-state index contributed by atoms with van der Waals surface area (Å²) in [6.07, 6.45) is 0.728. The van der Waals surface area contributed by atoms with Crippen LogP contribution in [0.1, 0.15) is 19.8 Å². The molecule has 1 aliphatic heterocycles. The average molecular weight is 207 g/mol. The van der Waals surface area contributed by atoms with Crippen molar-refractivity contribution < 1.29 is 23.5 Å². The minimum absolute atomic E-state index is 0.219. The molecule has 6 heteroatoms. The summed E-state index contributed by atoms with van der Waals surface area (Å²) in [6.45, 7) is 0.602. The highest BCUT2D eigenvalue weighted by Gasteiger charge is 2.44. The van der Waals surface area contributed by atoms with Gasteiger partial charge in [0.25, 0.3) is 0 Å². The summed E-state index contributed by atoms with van der Waals surface area (Å²) in [6, 6.07) is -0.298. The highest BCUT2D eigenvalue weighted by Crippen LogP contribution is 2.23. The number of halogens is 2. The Bertz CT molecular complexity index is 267. The number of hydrogen-bond donors (Lipinski definition) is 1.